The molecule has 0 unspecified atom stereocenters. The van der Waals surface area contributed by atoms with Gasteiger partial charge < -0.3 is 15.8 Å². The van der Waals surface area contributed by atoms with E-state index >= 15 is 0 Å². The molecular formula is C13H13BrCl2N2O2S. The molecule has 4 nitrogen and oxygen atoms in total. The fourth-order valence-corrected chi connectivity index (χ4v) is 3.80. The minimum Gasteiger partial charge on any atom is -0.392 e. The summed E-state index contributed by atoms with van der Waals surface area (Å²) in [6, 6.07) is 3.31. The molecule has 1 amide bonds. The van der Waals surface area contributed by atoms with Gasteiger partial charge in [0.05, 0.1) is 20.7 Å². The van der Waals surface area contributed by atoms with Crippen molar-refractivity contribution in [2.24, 2.45) is 11.1 Å². The number of hydrogen-bond acceptors (Lipinski definition) is 3. The number of carbonyl (C=O) groups is 1. The highest BCUT2D eigenvalue weighted by atomic mass is 79.9. The molecule has 0 saturated carbocycles. The Labute approximate surface area is 146 Å². The first-order valence-corrected chi connectivity index (χ1v) is 8.16. The summed E-state index contributed by atoms with van der Waals surface area (Å²) in [5, 5.41) is 3.43. The van der Waals surface area contributed by atoms with Crippen molar-refractivity contribution in [1.29, 1.82) is 0 Å². The Balaban J connectivity index is 2.30. The summed E-state index contributed by atoms with van der Waals surface area (Å²) in [7, 11) is 0. The smallest absolute Gasteiger partial charge is 0.237 e. The highest BCUT2D eigenvalue weighted by molar-refractivity contribution is 9.10. The Bertz CT molecular complexity index is 569. The van der Waals surface area contributed by atoms with Gasteiger partial charge in [-0.2, -0.15) is 0 Å². The summed E-state index contributed by atoms with van der Waals surface area (Å²) in [5.41, 5.74) is 5.23. The summed E-state index contributed by atoms with van der Waals surface area (Å²) >= 11 is 20.6. The maximum atomic E-state index is 12.7. The van der Waals surface area contributed by atoms with E-state index in [1.165, 1.54) is 0 Å². The number of hydrogen-bond donors (Lipinski definition) is 2. The standard InChI is InChI=1S/C13H13BrCl2N2O2S/c14-7-5-8(15)10(9(16)6-7)18-12(19)13(11(17)21)1-3-20-4-2-13/h5-6H,1-4H2,(H2,17,21)(H,18,19). The molecule has 0 aromatic heterocycles. The van der Waals surface area contributed by atoms with Crippen molar-refractivity contribution in [3.63, 3.8) is 0 Å². The lowest BCUT2D eigenvalue weighted by atomic mass is 9.79. The van der Waals surface area contributed by atoms with Gasteiger partial charge >= 0.3 is 0 Å². The third kappa shape index (κ3) is 3.51. The first kappa shape index (κ1) is 17.0. The van der Waals surface area contributed by atoms with Crippen LogP contribution < -0.4 is 11.1 Å². The van der Waals surface area contributed by atoms with Crippen molar-refractivity contribution in [3.8, 4) is 0 Å². The van der Waals surface area contributed by atoms with E-state index in [1.807, 2.05) is 0 Å². The Morgan fingerprint density at radius 3 is 2.33 bits per heavy atom. The van der Waals surface area contributed by atoms with Crippen LogP contribution in [0.15, 0.2) is 16.6 Å². The molecule has 1 aliphatic heterocycles. The van der Waals surface area contributed by atoms with Crippen LogP contribution in [0.4, 0.5) is 5.69 Å². The van der Waals surface area contributed by atoms with Crippen LogP contribution in [0.2, 0.25) is 10.0 Å². The molecule has 3 N–H and O–H groups in total. The Morgan fingerprint density at radius 1 is 1.33 bits per heavy atom. The van der Waals surface area contributed by atoms with E-state index in [0.717, 1.165) is 4.47 Å². The zero-order valence-electron chi connectivity index (χ0n) is 10.9. The van der Waals surface area contributed by atoms with Crippen molar-refractivity contribution < 1.29 is 9.53 Å². The van der Waals surface area contributed by atoms with Gasteiger partial charge in [0, 0.05) is 17.7 Å². The predicted octanol–water partition coefficient (Wildman–Crippen LogP) is 3.78. The number of halogens is 3. The SMILES string of the molecule is NC(=S)C1(C(=O)Nc2c(Cl)cc(Br)cc2Cl)CCOCC1. The summed E-state index contributed by atoms with van der Waals surface area (Å²) in [6.07, 6.45) is 0.889. The molecule has 1 saturated heterocycles. The lowest BCUT2D eigenvalue weighted by molar-refractivity contribution is -0.126. The zero-order valence-corrected chi connectivity index (χ0v) is 14.8. The largest absolute Gasteiger partial charge is 0.392 e. The second kappa shape index (κ2) is 6.79. The lowest BCUT2D eigenvalue weighted by Crippen LogP contribution is -2.49. The topological polar surface area (TPSA) is 64.4 Å². The third-order valence-corrected chi connectivity index (χ3v) is 4.94. The second-order valence-corrected chi connectivity index (χ2v) is 6.93. The summed E-state index contributed by atoms with van der Waals surface area (Å²) in [4.78, 5) is 12.8. The van der Waals surface area contributed by atoms with Gasteiger partial charge in [-0.05, 0) is 25.0 Å². The van der Waals surface area contributed by atoms with Gasteiger partial charge in [-0.15, -0.1) is 0 Å². The van der Waals surface area contributed by atoms with Crippen molar-refractivity contribution in [2.45, 2.75) is 12.8 Å². The molecule has 1 heterocycles. The normalized spacial score (nSPS) is 17.3. The number of rotatable bonds is 3. The Hall–Kier alpha value is -0.400. The quantitative estimate of drug-likeness (QED) is 0.743. The van der Waals surface area contributed by atoms with Crippen LogP contribution in [0.1, 0.15) is 12.8 Å². The highest BCUT2D eigenvalue weighted by Crippen LogP contribution is 2.37. The van der Waals surface area contributed by atoms with Gasteiger partial charge in [0.1, 0.15) is 5.41 Å². The average Bonchev–Trinajstić information content (AvgIpc) is 2.43. The molecule has 21 heavy (non-hydrogen) atoms. The first-order chi connectivity index (χ1) is 9.86. The minimum atomic E-state index is -0.923. The molecule has 0 spiro atoms. The molecule has 0 radical (unpaired) electrons. The van der Waals surface area contributed by atoms with Crippen LogP contribution >= 0.6 is 51.3 Å². The van der Waals surface area contributed by atoms with Gasteiger partial charge in [-0.3, -0.25) is 4.79 Å². The first-order valence-electron chi connectivity index (χ1n) is 6.20. The predicted molar refractivity (Wildman–Crippen MR) is 92.1 cm³/mol. The number of benzene rings is 1. The number of carbonyl (C=O) groups excluding carboxylic acids is 1. The lowest BCUT2D eigenvalue weighted by Gasteiger charge is -2.34. The van der Waals surface area contributed by atoms with Gasteiger partial charge in [0.15, 0.2) is 0 Å². The van der Waals surface area contributed by atoms with Crippen LogP contribution in [0.25, 0.3) is 0 Å². The Kier molecular flexibility index (Phi) is 5.48. The molecule has 114 valence electrons. The van der Waals surface area contributed by atoms with Crippen molar-refractivity contribution in [2.75, 3.05) is 18.5 Å². The van der Waals surface area contributed by atoms with Crippen molar-refractivity contribution in [1.82, 2.24) is 0 Å². The van der Waals surface area contributed by atoms with Gasteiger partial charge in [0.2, 0.25) is 5.91 Å². The van der Waals surface area contributed by atoms with Crippen LogP contribution in [-0.2, 0) is 9.53 Å². The maximum absolute atomic E-state index is 12.7. The number of anilines is 1. The molecule has 1 aliphatic rings. The number of thiocarbonyl (C=S) groups is 1. The number of nitrogens with two attached hydrogens (primary N) is 1. The molecule has 0 bridgehead atoms. The Morgan fingerprint density at radius 2 is 1.86 bits per heavy atom. The molecule has 0 aliphatic carbocycles. The molecule has 1 fully saturated rings. The monoisotopic (exact) mass is 410 g/mol. The fraction of sp³-hybridized carbons (Fsp3) is 0.385. The van der Waals surface area contributed by atoms with E-state index in [2.05, 4.69) is 21.2 Å². The van der Waals surface area contributed by atoms with Crippen molar-refractivity contribution in [3.05, 3.63) is 26.7 Å². The van der Waals surface area contributed by atoms with Crippen LogP contribution in [-0.4, -0.2) is 24.1 Å². The third-order valence-electron chi connectivity index (χ3n) is 3.50. The molecule has 1 aromatic rings. The molecular weight excluding hydrogens is 399 g/mol. The van der Waals surface area contributed by atoms with E-state index in [9.17, 15) is 4.79 Å². The summed E-state index contributed by atoms with van der Waals surface area (Å²) in [6.45, 7) is 0.874. The van der Waals surface area contributed by atoms with Gasteiger partial charge in [0.25, 0.3) is 0 Å². The average molecular weight is 412 g/mol. The maximum Gasteiger partial charge on any atom is 0.237 e. The minimum absolute atomic E-state index is 0.160. The molecule has 8 heteroatoms. The number of nitrogens with one attached hydrogen (secondary N) is 1. The molecule has 1 aromatic carbocycles. The number of ether oxygens (including phenoxy) is 1. The van der Waals surface area contributed by atoms with Gasteiger partial charge in [-0.1, -0.05) is 51.3 Å². The van der Waals surface area contributed by atoms with Gasteiger partial charge in [-0.25, -0.2) is 0 Å². The summed E-state index contributed by atoms with van der Waals surface area (Å²) in [5.74, 6) is -0.301. The van der Waals surface area contributed by atoms with Crippen LogP contribution in [0, 0.1) is 5.41 Å². The molecule has 2 rings (SSSR count). The summed E-state index contributed by atoms with van der Waals surface area (Å²) < 4.78 is 6.01. The van der Waals surface area contributed by atoms with E-state index < -0.39 is 5.41 Å². The van der Waals surface area contributed by atoms with E-state index in [-0.39, 0.29) is 10.9 Å². The molecule has 0 atom stereocenters. The van der Waals surface area contributed by atoms with Crippen molar-refractivity contribution >= 4 is 67.9 Å². The van der Waals surface area contributed by atoms with E-state index in [1.54, 1.807) is 12.1 Å². The van der Waals surface area contributed by atoms with E-state index in [0.29, 0.717) is 41.8 Å². The van der Waals surface area contributed by atoms with E-state index in [4.69, 9.17) is 45.9 Å². The second-order valence-electron chi connectivity index (χ2n) is 4.76. The zero-order chi connectivity index (χ0) is 15.6. The van der Waals surface area contributed by atoms with Crippen LogP contribution in [0.3, 0.4) is 0 Å². The number of amides is 1. The highest BCUT2D eigenvalue weighted by Gasteiger charge is 2.43. The fourth-order valence-electron chi connectivity index (χ4n) is 2.20. The van der Waals surface area contributed by atoms with Crippen LogP contribution in [0.5, 0.6) is 0 Å².